The van der Waals surface area contributed by atoms with Crippen LogP contribution in [-0.2, 0) is 14.3 Å². The predicted molar refractivity (Wildman–Crippen MR) is 75.2 cm³/mol. The zero-order chi connectivity index (χ0) is 14.4. The quantitative estimate of drug-likeness (QED) is 0.659. The second-order valence-corrected chi connectivity index (χ2v) is 5.74. The van der Waals surface area contributed by atoms with Crippen LogP contribution in [0.15, 0.2) is 0 Å². The molecule has 0 aromatic heterocycles. The first kappa shape index (κ1) is 15.3. The first-order valence-electron chi connectivity index (χ1n) is 7.49. The molecule has 0 unspecified atom stereocenters. The number of carbonyl (C=O) groups is 2. The van der Waals surface area contributed by atoms with E-state index < -0.39 is 11.8 Å². The van der Waals surface area contributed by atoms with Gasteiger partial charge in [0.2, 0.25) is 0 Å². The summed E-state index contributed by atoms with van der Waals surface area (Å²) in [5.41, 5.74) is 0. The maximum atomic E-state index is 11.6. The lowest BCUT2D eigenvalue weighted by molar-refractivity contribution is -0.139. The molecule has 2 rings (SSSR count). The molecule has 1 aliphatic heterocycles. The molecule has 0 spiro atoms. The SMILES string of the molecule is COCCN1CCC(CNC(=O)C(=O)NC2CC2)CC1. The molecule has 6 heteroatoms. The second-order valence-electron chi connectivity index (χ2n) is 5.74. The molecule has 6 nitrogen and oxygen atoms in total. The number of hydrogen-bond donors (Lipinski definition) is 2. The van der Waals surface area contributed by atoms with E-state index in [0.717, 1.165) is 51.9 Å². The number of methoxy groups -OCH3 is 1. The molecule has 0 atom stereocenters. The Balaban J connectivity index is 1.58. The normalized spacial score (nSPS) is 20.6. The largest absolute Gasteiger partial charge is 0.383 e. The molecule has 0 radical (unpaired) electrons. The van der Waals surface area contributed by atoms with Crippen LogP contribution in [0.2, 0.25) is 0 Å². The third kappa shape index (κ3) is 5.09. The van der Waals surface area contributed by atoms with Gasteiger partial charge in [0.15, 0.2) is 0 Å². The fourth-order valence-corrected chi connectivity index (χ4v) is 2.43. The van der Waals surface area contributed by atoms with E-state index >= 15 is 0 Å². The Morgan fingerprint density at radius 1 is 1.15 bits per heavy atom. The van der Waals surface area contributed by atoms with Crippen LogP contribution in [0.1, 0.15) is 25.7 Å². The number of amides is 2. The van der Waals surface area contributed by atoms with Crippen molar-refractivity contribution in [3.8, 4) is 0 Å². The maximum Gasteiger partial charge on any atom is 0.309 e. The minimum absolute atomic E-state index is 0.234. The minimum atomic E-state index is -0.487. The standard InChI is InChI=1S/C14H25N3O3/c1-20-9-8-17-6-4-11(5-7-17)10-15-13(18)14(19)16-12-2-3-12/h11-12H,2-10H2,1H3,(H,15,18)(H,16,19). The zero-order valence-corrected chi connectivity index (χ0v) is 12.2. The summed E-state index contributed by atoms with van der Waals surface area (Å²) in [5.74, 6) is -0.491. The fourth-order valence-electron chi connectivity index (χ4n) is 2.43. The van der Waals surface area contributed by atoms with Crippen LogP contribution in [0.25, 0.3) is 0 Å². The summed E-state index contributed by atoms with van der Waals surface area (Å²) < 4.78 is 5.07. The number of ether oxygens (including phenoxy) is 1. The van der Waals surface area contributed by atoms with Crippen molar-refractivity contribution in [1.29, 1.82) is 0 Å². The van der Waals surface area contributed by atoms with Gasteiger partial charge in [-0.25, -0.2) is 0 Å². The van der Waals surface area contributed by atoms with Gasteiger partial charge in [0.05, 0.1) is 6.61 Å². The first-order valence-corrected chi connectivity index (χ1v) is 7.49. The Bertz CT molecular complexity index is 337. The highest BCUT2D eigenvalue weighted by Gasteiger charge is 2.27. The van der Waals surface area contributed by atoms with E-state index in [2.05, 4.69) is 15.5 Å². The van der Waals surface area contributed by atoms with E-state index in [4.69, 9.17) is 4.74 Å². The van der Waals surface area contributed by atoms with Gasteiger partial charge in [0.1, 0.15) is 0 Å². The fraction of sp³-hybridized carbons (Fsp3) is 0.857. The lowest BCUT2D eigenvalue weighted by atomic mass is 9.97. The highest BCUT2D eigenvalue weighted by atomic mass is 16.5. The summed E-state index contributed by atoms with van der Waals surface area (Å²) in [6.07, 6.45) is 4.13. The van der Waals surface area contributed by atoms with Crippen molar-refractivity contribution in [1.82, 2.24) is 15.5 Å². The van der Waals surface area contributed by atoms with Crippen molar-refractivity contribution >= 4 is 11.8 Å². The molecule has 2 aliphatic rings. The lowest BCUT2D eigenvalue weighted by Gasteiger charge is -2.31. The molecular formula is C14H25N3O3. The molecule has 20 heavy (non-hydrogen) atoms. The summed E-state index contributed by atoms with van der Waals surface area (Å²) in [4.78, 5) is 25.5. The second kappa shape index (κ2) is 7.59. The van der Waals surface area contributed by atoms with Gasteiger partial charge in [-0.15, -0.1) is 0 Å². The van der Waals surface area contributed by atoms with E-state index in [1.165, 1.54) is 0 Å². The van der Waals surface area contributed by atoms with Crippen LogP contribution in [0.4, 0.5) is 0 Å². The Labute approximate surface area is 120 Å². The molecule has 0 aromatic carbocycles. The molecule has 1 aliphatic carbocycles. The van der Waals surface area contributed by atoms with E-state index in [1.807, 2.05) is 0 Å². The van der Waals surface area contributed by atoms with Crippen LogP contribution in [-0.4, -0.2) is 62.7 Å². The number of hydrogen-bond acceptors (Lipinski definition) is 4. The number of rotatable bonds is 6. The molecule has 1 saturated carbocycles. The summed E-state index contributed by atoms with van der Waals surface area (Å²) in [7, 11) is 1.72. The maximum absolute atomic E-state index is 11.6. The molecule has 2 fully saturated rings. The summed E-state index contributed by atoms with van der Waals surface area (Å²) in [5, 5.41) is 5.45. The van der Waals surface area contributed by atoms with Crippen LogP contribution in [0, 0.1) is 5.92 Å². The van der Waals surface area contributed by atoms with Gasteiger partial charge in [0, 0.05) is 26.2 Å². The summed E-state index contributed by atoms with van der Waals surface area (Å²) in [6.45, 7) is 4.42. The van der Waals surface area contributed by atoms with E-state index in [-0.39, 0.29) is 6.04 Å². The molecule has 0 bridgehead atoms. The monoisotopic (exact) mass is 283 g/mol. The number of nitrogens with zero attached hydrogens (tertiary/aromatic N) is 1. The van der Waals surface area contributed by atoms with E-state index in [9.17, 15) is 9.59 Å². The van der Waals surface area contributed by atoms with Gasteiger partial charge in [-0.05, 0) is 44.7 Å². The van der Waals surface area contributed by atoms with E-state index in [0.29, 0.717) is 12.5 Å². The molecule has 114 valence electrons. The molecule has 1 heterocycles. The third-order valence-electron chi connectivity index (χ3n) is 3.99. The topological polar surface area (TPSA) is 70.7 Å². The van der Waals surface area contributed by atoms with Crippen molar-refractivity contribution in [2.75, 3.05) is 39.9 Å². The van der Waals surface area contributed by atoms with Gasteiger partial charge in [-0.1, -0.05) is 0 Å². The van der Waals surface area contributed by atoms with E-state index in [1.54, 1.807) is 7.11 Å². The average Bonchev–Trinajstić information content (AvgIpc) is 3.27. The Hall–Kier alpha value is -1.14. The third-order valence-corrected chi connectivity index (χ3v) is 3.99. The smallest absolute Gasteiger partial charge is 0.309 e. The van der Waals surface area contributed by atoms with Gasteiger partial charge >= 0.3 is 11.8 Å². The van der Waals surface area contributed by atoms with Crippen molar-refractivity contribution in [3.63, 3.8) is 0 Å². The van der Waals surface area contributed by atoms with Crippen LogP contribution in [0.5, 0.6) is 0 Å². The Morgan fingerprint density at radius 3 is 2.45 bits per heavy atom. The molecule has 2 amide bonds. The van der Waals surface area contributed by atoms with Crippen LogP contribution in [0.3, 0.4) is 0 Å². The number of piperidine rings is 1. The Morgan fingerprint density at radius 2 is 1.85 bits per heavy atom. The molecule has 1 saturated heterocycles. The lowest BCUT2D eigenvalue weighted by Crippen LogP contribution is -2.44. The summed E-state index contributed by atoms with van der Waals surface area (Å²) in [6, 6.07) is 0.234. The highest BCUT2D eigenvalue weighted by molar-refractivity contribution is 6.35. The van der Waals surface area contributed by atoms with Gasteiger partial charge in [-0.2, -0.15) is 0 Å². The molecule has 0 aromatic rings. The first-order chi connectivity index (χ1) is 9.69. The van der Waals surface area contributed by atoms with Crippen LogP contribution < -0.4 is 10.6 Å². The predicted octanol–water partition coefficient (Wildman–Crippen LogP) is -0.260. The molecular weight excluding hydrogens is 258 g/mol. The number of nitrogens with one attached hydrogen (secondary N) is 2. The zero-order valence-electron chi connectivity index (χ0n) is 12.2. The Kier molecular flexibility index (Phi) is 5.79. The average molecular weight is 283 g/mol. The number of likely N-dealkylation sites (tertiary alicyclic amines) is 1. The van der Waals surface area contributed by atoms with Crippen molar-refractivity contribution in [2.45, 2.75) is 31.7 Å². The summed E-state index contributed by atoms with van der Waals surface area (Å²) >= 11 is 0. The van der Waals surface area contributed by atoms with Crippen molar-refractivity contribution in [2.24, 2.45) is 5.92 Å². The minimum Gasteiger partial charge on any atom is -0.383 e. The van der Waals surface area contributed by atoms with Gasteiger partial charge in [-0.3, -0.25) is 9.59 Å². The number of carbonyl (C=O) groups excluding carboxylic acids is 2. The van der Waals surface area contributed by atoms with Gasteiger partial charge in [0.25, 0.3) is 0 Å². The van der Waals surface area contributed by atoms with Crippen molar-refractivity contribution < 1.29 is 14.3 Å². The highest BCUT2D eigenvalue weighted by Crippen LogP contribution is 2.18. The van der Waals surface area contributed by atoms with Crippen molar-refractivity contribution in [3.05, 3.63) is 0 Å². The van der Waals surface area contributed by atoms with Crippen LogP contribution >= 0.6 is 0 Å². The van der Waals surface area contributed by atoms with Gasteiger partial charge < -0.3 is 20.3 Å². The molecule has 2 N–H and O–H groups in total.